The normalized spacial score (nSPS) is 20.2. The van der Waals surface area contributed by atoms with Gasteiger partial charge in [-0.05, 0) is 19.8 Å². The fraction of sp³-hybridized carbons (Fsp3) is 0.556. The zero-order valence-electron chi connectivity index (χ0n) is 7.41. The van der Waals surface area contributed by atoms with Crippen LogP contribution in [0.25, 0.3) is 0 Å². The van der Waals surface area contributed by atoms with Gasteiger partial charge in [0.15, 0.2) is 0 Å². The Kier molecular flexibility index (Phi) is 2.07. The van der Waals surface area contributed by atoms with E-state index >= 15 is 0 Å². The van der Waals surface area contributed by atoms with E-state index in [4.69, 9.17) is 5.11 Å². The van der Waals surface area contributed by atoms with Crippen LogP contribution in [-0.4, -0.2) is 16.1 Å². The smallest absolute Gasteiger partial charge is 0.303 e. The molecule has 0 aromatic carbocycles. The molecule has 0 fully saturated rings. The van der Waals surface area contributed by atoms with Gasteiger partial charge >= 0.3 is 5.97 Å². The van der Waals surface area contributed by atoms with Crippen molar-refractivity contribution < 1.29 is 9.90 Å². The summed E-state index contributed by atoms with van der Waals surface area (Å²) in [6, 6.07) is 0. The second kappa shape index (κ2) is 3.10. The number of nitrogens with zero attached hydrogens (tertiary/aromatic N) is 1. The van der Waals surface area contributed by atoms with E-state index in [2.05, 4.69) is 4.98 Å². The maximum absolute atomic E-state index is 10.6. The summed E-state index contributed by atoms with van der Waals surface area (Å²) < 4.78 is 0. The average Bonchev–Trinajstić information content (AvgIpc) is 2.51. The van der Waals surface area contributed by atoms with Crippen LogP contribution in [0.1, 0.15) is 34.3 Å². The molecular weight excluding hydrogens is 186 g/mol. The zero-order valence-corrected chi connectivity index (χ0v) is 8.23. The van der Waals surface area contributed by atoms with E-state index in [9.17, 15) is 4.79 Å². The molecule has 1 aromatic heterocycles. The van der Waals surface area contributed by atoms with Gasteiger partial charge in [-0.1, -0.05) is 0 Å². The Balaban J connectivity index is 2.22. The number of hydrogen-bond donors (Lipinski definition) is 1. The minimum absolute atomic E-state index is 0.221. The highest BCUT2D eigenvalue weighted by molar-refractivity contribution is 7.11. The van der Waals surface area contributed by atoms with Gasteiger partial charge in [0.1, 0.15) is 0 Å². The molecular formula is C9H11NO2S. The van der Waals surface area contributed by atoms with Crippen LogP contribution < -0.4 is 0 Å². The van der Waals surface area contributed by atoms with Crippen molar-refractivity contribution in [1.82, 2.24) is 4.98 Å². The number of aryl methyl sites for hydroxylation is 2. The highest BCUT2D eigenvalue weighted by Gasteiger charge is 2.27. The van der Waals surface area contributed by atoms with Crippen molar-refractivity contribution in [1.29, 1.82) is 0 Å². The lowest BCUT2D eigenvalue weighted by Gasteiger charge is -2.03. The maximum atomic E-state index is 10.6. The van der Waals surface area contributed by atoms with Crippen molar-refractivity contribution in [3.8, 4) is 0 Å². The van der Waals surface area contributed by atoms with Crippen molar-refractivity contribution in [2.45, 2.75) is 32.1 Å². The summed E-state index contributed by atoms with van der Waals surface area (Å²) in [4.78, 5) is 16.1. The average molecular weight is 197 g/mol. The van der Waals surface area contributed by atoms with Crippen LogP contribution in [0.15, 0.2) is 0 Å². The minimum atomic E-state index is -0.705. The Morgan fingerprint density at radius 2 is 2.54 bits per heavy atom. The highest BCUT2D eigenvalue weighted by Crippen LogP contribution is 2.38. The van der Waals surface area contributed by atoms with Crippen molar-refractivity contribution >= 4 is 17.3 Å². The third-order valence-corrected chi connectivity index (χ3v) is 3.53. The molecule has 1 unspecified atom stereocenters. The van der Waals surface area contributed by atoms with Gasteiger partial charge in [0.05, 0.1) is 17.1 Å². The van der Waals surface area contributed by atoms with Gasteiger partial charge in [0, 0.05) is 10.8 Å². The summed E-state index contributed by atoms with van der Waals surface area (Å²) in [7, 11) is 0. The molecule has 70 valence electrons. The molecule has 4 heteroatoms. The molecule has 0 aliphatic heterocycles. The summed E-state index contributed by atoms with van der Waals surface area (Å²) in [6.45, 7) is 1.97. The monoisotopic (exact) mass is 197 g/mol. The molecule has 1 aromatic rings. The molecule has 2 rings (SSSR count). The summed E-state index contributed by atoms with van der Waals surface area (Å²) in [5.41, 5.74) is 1.13. The molecule has 1 aliphatic carbocycles. The van der Waals surface area contributed by atoms with E-state index < -0.39 is 5.97 Å². The number of fused-ring (bicyclic) bond motifs is 1. The van der Waals surface area contributed by atoms with Crippen molar-refractivity contribution in [2.75, 3.05) is 0 Å². The predicted molar refractivity (Wildman–Crippen MR) is 50.2 cm³/mol. The Morgan fingerprint density at radius 3 is 3.23 bits per heavy atom. The van der Waals surface area contributed by atoms with Gasteiger partial charge in [0.2, 0.25) is 0 Å². The Bertz CT molecular complexity index is 345. The predicted octanol–water partition coefficient (Wildman–Crippen LogP) is 1.96. The first-order chi connectivity index (χ1) is 6.16. The third-order valence-electron chi connectivity index (χ3n) is 2.36. The van der Waals surface area contributed by atoms with Crippen LogP contribution in [0.5, 0.6) is 0 Å². The Morgan fingerprint density at radius 1 is 1.77 bits per heavy atom. The number of carboxylic acids is 1. The second-order valence-electron chi connectivity index (χ2n) is 3.38. The summed E-state index contributed by atoms with van der Waals surface area (Å²) in [5, 5.41) is 9.75. The Hall–Kier alpha value is -0.900. The quantitative estimate of drug-likeness (QED) is 0.788. The number of hydrogen-bond acceptors (Lipinski definition) is 3. The van der Waals surface area contributed by atoms with Gasteiger partial charge in [-0.2, -0.15) is 0 Å². The van der Waals surface area contributed by atoms with Crippen LogP contribution >= 0.6 is 11.3 Å². The van der Waals surface area contributed by atoms with Gasteiger partial charge in [0.25, 0.3) is 0 Å². The number of thiazole rings is 1. The van der Waals surface area contributed by atoms with Crippen LogP contribution in [-0.2, 0) is 11.2 Å². The van der Waals surface area contributed by atoms with Gasteiger partial charge in [-0.25, -0.2) is 4.98 Å². The standard InChI is InChI=1S/C9H11NO2S/c1-5-10-7-3-2-6(4-8(11)12)9(7)13-5/h6H,2-4H2,1H3,(H,11,12). The molecule has 1 aliphatic rings. The molecule has 3 nitrogen and oxygen atoms in total. The molecule has 0 radical (unpaired) electrons. The third kappa shape index (κ3) is 1.58. The van der Waals surface area contributed by atoms with E-state index in [0.717, 1.165) is 23.5 Å². The lowest BCUT2D eigenvalue weighted by atomic mass is 10.1. The van der Waals surface area contributed by atoms with Crippen LogP contribution in [0, 0.1) is 6.92 Å². The van der Waals surface area contributed by atoms with Crippen LogP contribution in [0.3, 0.4) is 0 Å². The van der Waals surface area contributed by atoms with E-state index in [1.165, 1.54) is 4.88 Å². The fourth-order valence-electron chi connectivity index (χ4n) is 1.83. The lowest BCUT2D eigenvalue weighted by molar-refractivity contribution is -0.137. The summed E-state index contributed by atoms with van der Waals surface area (Å²) >= 11 is 1.65. The molecule has 0 saturated carbocycles. The van der Waals surface area contributed by atoms with E-state index in [1.54, 1.807) is 11.3 Å². The molecule has 0 amide bonds. The topological polar surface area (TPSA) is 50.2 Å². The molecule has 13 heavy (non-hydrogen) atoms. The SMILES string of the molecule is Cc1nc2c(s1)C(CC(=O)O)CC2. The van der Waals surface area contributed by atoms with Crippen molar-refractivity contribution in [2.24, 2.45) is 0 Å². The molecule has 0 bridgehead atoms. The first-order valence-electron chi connectivity index (χ1n) is 4.35. The van der Waals surface area contributed by atoms with Crippen LogP contribution in [0.4, 0.5) is 0 Å². The van der Waals surface area contributed by atoms with Crippen LogP contribution in [0.2, 0.25) is 0 Å². The molecule has 1 heterocycles. The zero-order chi connectivity index (χ0) is 9.42. The fourth-order valence-corrected chi connectivity index (χ4v) is 2.94. The highest BCUT2D eigenvalue weighted by atomic mass is 32.1. The first-order valence-corrected chi connectivity index (χ1v) is 5.16. The number of rotatable bonds is 2. The van der Waals surface area contributed by atoms with E-state index in [1.807, 2.05) is 6.92 Å². The van der Waals surface area contributed by atoms with Crippen molar-refractivity contribution in [3.63, 3.8) is 0 Å². The van der Waals surface area contributed by atoms with Crippen molar-refractivity contribution in [3.05, 3.63) is 15.6 Å². The van der Waals surface area contributed by atoms with E-state index in [-0.39, 0.29) is 12.3 Å². The van der Waals surface area contributed by atoms with Gasteiger partial charge < -0.3 is 5.11 Å². The summed E-state index contributed by atoms with van der Waals surface area (Å²) in [5.74, 6) is -0.484. The minimum Gasteiger partial charge on any atom is -0.481 e. The largest absolute Gasteiger partial charge is 0.481 e. The van der Waals surface area contributed by atoms with E-state index in [0.29, 0.717) is 0 Å². The molecule has 1 N–H and O–H groups in total. The molecule has 0 saturated heterocycles. The number of aliphatic carboxylic acids is 1. The van der Waals surface area contributed by atoms with Gasteiger partial charge in [-0.15, -0.1) is 11.3 Å². The second-order valence-corrected chi connectivity index (χ2v) is 4.61. The Labute approximate surface area is 80.4 Å². The maximum Gasteiger partial charge on any atom is 0.303 e. The number of carboxylic acid groups (broad SMARTS) is 1. The first kappa shape index (κ1) is 8.69. The lowest BCUT2D eigenvalue weighted by Crippen LogP contribution is -2.01. The molecule has 0 spiro atoms. The number of carbonyl (C=O) groups is 1. The summed E-state index contributed by atoms with van der Waals surface area (Å²) in [6.07, 6.45) is 2.17. The molecule has 1 atom stereocenters. The van der Waals surface area contributed by atoms with Gasteiger partial charge in [-0.3, -0.25) is 4.79 Å². The number of aromatic nitrogens is 1.